The number of ether oxygens (including phenoxy) is 1. The van der Waals surface area contributed by atoms with Crippen molar-refractivity contribution in [1.29, 1.82) is 0 Å². The molecule has 0 aromatic rings. The van der Waals surface area contributed by atoms with Gasteiger partial charge in [0.2, 0.25) is 5.91 Å². The summed E-state index contributed by atoms with van der Waals surface area (Å²) in [7, 11) is 1.58. The van der Waals surface area contributed by atoms with Gasteiger partial charge in [-0.3, -0.25) is 9.69 Å². The third-order valence-corrected chi connectivity index (χ3v) is 1.40. The summed E-state index contributed by atoms with van der Waals surface area (Å²) in [5, 5.41) is 0. The predicted octanol–water partition coefficient (Wildman–Crippen LogP) is 0.726. The van der Waals surface area contributed by atoms with E-state index in [0.29, 0.717) is 13.2 Å². The highest BCUT2D eigenvalue weighted by atomic mass is 16.5. The van der Waals surface area contributed by atoms with Gasteiger partial charge in [0, 0.05) is 19.7 Å². The van der Waals surface area contributed by atoms with E-state index in [1.807, 2.05) is 6.08 Å². The Morgan fingerprint density at radius 1 is 1.80 bits per heavy atom. The lowest BCUT2D eigenvalue weighted by Crippen LogP contribution is -2.29. The average molecular weight is 141 g/mol. The van der Waals surface area contributed by atoms with E-state index in [-0.39, 0.29) is 5.91 Å². The van der Waals surface area contributed by atoms with Gasteiger partial charge in [-0.15, -0.1) is 0 Å². The lowest BCUT2D eigenvalue weighted by atomic mass is 10.2. The van der Waals surface area contributed by atoms with Gasteiger partial charge in [-0.2, -0.15) is 0 Å². The van der Waals surface area contributed by atoms with E-state index in [1.165, 1.54) is 0 Å². The first-order valence-corrected chi connectivity index (χ1v) is 3.29. The van der Waals surface area contributed by atoms with E-state index in [0.717, 1.165) is 6.42 Å². The van der Waals surface area contributed by atoms with E-state index < -0.39 is 0 Å². The van der Waals surface area contributed by atoms with Crippen molar-refractivity contribution in [2.75, 3.05) is 13.8 Å². The zero-order valence-corrected chi connectivity index (χ0v) is 6.04. The quantitative estimate of drug-likeness (QED) is 0.567. The van der Waals surface area contributed by atoms with Crippen molar-refractivity contribution >= 4 is 5.91 Å². The summed E-state index contributed by atoms with van der Waals surface area (Å²) in [6.45, 7) is 0.370. The van der Waals surface area contributed by atoms with Crippen molar-refractivity contribution in [2.24, 2.45) is 0 Å². The minimum atomic E-state index is 0.143. The third-order valence-electron chi connectivity index (χ3n) is 1.40. The van der Waals surface area contributed by atoms with Crippen LogP contribution in [0.3, 0.4) is 0 Å². The van der Waals surface area contributed by atoms with Crippen LogP contribution in [0.2, 0.25) is 0 Å². The molecule has 0 saturated carbocycles. The van der Waals surface area contributed by atoms with Crippen molar-refractivity contribution in [3.05, 3.63) is 12.3 Å². The molecular formula is C7H11NO2. The molecule has 0 aromatic carbocycles. The number of nitrogens with zero attached hydrogens (tertiary/aromatic N) is 1. The molecule has 0 radical (unpaired) electrons. The van der Waals surface area contributed by atoms with Gasteiger partial charge in [-0.1, -0.05) is 6.08 Å². The molecule has 0 atom stereocenters. The SMILES string of the molecule is COCN1C=CCCC1=O. The molecule has 1 rings (SSSR count). The number of carbonyl (C=O) groups is 1. The molecular weight excluding hydrogens is 130 g/mol. The van der Waals surface area contributed by atoms with Gasteiger partial charge < -0.3 is 4.74 Å². The van der Waals surface area contributed by atoms with E-state index >= 15 is 0 Å². The van der Waals surface area contributed by atoms with E-state index in [4.69, 9.17) is 4.74 Å². The van der Waals surface area contributed by atoms with Crippen LogP contribution in [0.1, 0.15) is 12.8 Å². The van der Waals surface area contributed by atoms with Crippen LogP contribution < -0.4 is 0 Å². The van der Waals surface area contributed by atoms with Crippen molar-refractivity contribution in [1.82, 2.24) is 4.90 Å². The molecule has 1 aliphatic heterocycles. The summed E-state index contributed by atoms with van der Waals surface area (Å²) in [5.41, 5.74) is 0. The Hall–Kier alpha value is -0.830. The minimum absolute atomic E-state index is 0.143. The summed E-state index contributed by atoms with van der Waals surface area (Å²) in [6, 6.07) is 0. The first kappa shape index (κ1) is 7.28. The number of amides is 1. The van der Waals surface area contributed by atoms with Crippen LogP contribution in [0.4, 0.5) is 0 Å². The van der Waals surface area contributed by atoms with Gasteiger partial charge in [0.15, 0.2) is 0 Å². The van der Waals surface area contributed by atoms with Crippen molar-refractivity contribution in [2.45, 2.75) is 12.8 Å². The zero-order chi connectivity index (χ0) is 7.40. The van der Waals surface area contributed by atoms with Gasteiger partial charge in [-0.25, -0.2) is 0 Å². The van der Waals surface area contributed by atoms with Crippen molar-refractivity contribution < 1.29 is 9.53 Å². The minimum Gasteiger partial charge on any atom is -0.364 e. The topological polar surface area (TPSA) is 29.5 Å². The molecule has 0 aromatic heterocycles. The molecule has 1 amide bonds. The first-order chi connectivity index (χ1) is 4.84. The number of rotatable bonds is 2. The van der Waals surface area contributed by atoms with Gasteiger partial charge in [0.05, 0.1) is 0 Å². The summed E-state index contributed by atoms with van der Waals surface area (Å²) in [6.07, 6.45) is 5.22. The van der Waals surface area contributed by atoms with Gasteiger partial charge in [0.1, 0.15) is 6.73 Å². The maximum Gasteiger partial charge on any atom is 0.228 e. The molecule has 0 saturated heterocycles. The fraction of sp³-hybridized carbons (Fsp3) is 0.571. The average Bonchev–Trinajstić information content (AvgIpc) is 1.94. The highest BCUT2D eigenvalue weighted by Crippen LogP contribution is 2.06. The Bertz CT molecular complexity index is 154. The van der Waals surface area contributed by atoms with Crippen LogP contribution in [0.5, 0.6) is 0 Å². The van der Waals surface area contributed by atoms with Gasteiger partial charge in [-0.05, 0) is 6.42 Å². The number of hydrogen-bond acceptors (Lipinski definition) is 2. The van der Waals surface area contributed by atoms with Gasteiger partial charge >= 0.3 is 0 Å². The second kappa shape index (κ2) is 3.37. The van der Waals surface area contributed by atoms with Crippen LogP contribution in [0, 0.1) is 0 Å². The maximum absolute atomic E-state index is 11.0. The van der Waals surface area contributed by atoms with Crippen LogP contribution in [0.25, 0.3) is 0 Å². The predicted molar refractivity (Wildman–Crippen MR) is 37.1 cm³/mol. The Labute approximate surface area is 60.3 Å². The Morgan fingerprint density at radius 2 is 2.60 bits per heavy atom. The second-order valence-electron chi connectivity index (χ2n) is 2.20. The Balaban J connectivity index is 2.47. The summed E-state index contributed by atoms with van der Waals surface area (Å²) >= 11 is 0. The zero-order valence-electron chi connectivity index (χ0n) is 6.04. The van der Waals surface area contributed by atoms with E-state index in [1.54, 1.807) is 18.2 Å². The lowest BCUT2D eigenvalue weighted by molar-refractivity contribution is -0.132. The molecule has 0 spiro atoms. The van der Waals surface area contributed by atoms with Crippen LogP contribution >= 0.6 is 0 Å². The normalized spacial score (nSPS) is 18.1. The number of carbonyl (C=O) groups excluding carboxylic acids is 1. The molecule has 0 N–H and O–H groups in total. The highest BCUT2D eigenvalue weighted by Gasteiger charge is 2.11. The Kier molecular flexibility index (Phi) is 2.45. The van der Waals surface area contributed by atoms with Crippen LogP contribution in [-0.2, 0) is 9.53 Å². The lowest BCUT2D eigenvalue weighted by Gasteiger charge is -2.19. The number of methoxy groups -OCH3 is 1. The van der Waals surface area contributed by atoms with Crippen LogP contribution in [0.15, 0.2) is 12.3 Å². The van der Waals surface area contributed by atoms with E-state index in [2.05, 4.69) is 0 Å². The molecule has 0 bridgehead atoms. The highest BCUT2D eigenvalue weighted by molar-refractivity contribution is 5.78. The monoisotopic (exact) mass is 141 g/mol. The molecule has 10 heavy (non-hydrogen) atoms. The molecule has 0 fully saturated rings. The molecule has 0 unspecified atom stereocenters. The largest absolute Gasteiger partial charge is 0.364 e. The maximum atomic E-state index is 11.0. The fourth-order valence-electron chi connectivity index (χ4n) is 0.889. The number of hydrogen-bond donors (Lipinski definition) is 0. The van der Waals surface area contributed by atoms with Crippen molar-refractivity contribution in [3.63, 3.8) is 0 Å². The molecule has 3 nitrogen and oxygen atoms in total. The molecule has 0 aliphatic carbocycles. The summed E-state index contributed by atoms with van der Waals surface area (Å²) in [4.78, 5) is 12.6. The standard InChI is InChI=1S/C7H11NO2/c1-10-6-8-5-3-2-4-7(8)9/h3,5H,2,4,6H2,1H3. The fourth-order valence-corrected chi connectivity index (χ4v) is 0.889. The molecule has 3 heteroatoms. The van der Waals surface area contributed by atoms with Gasteiger partial charge in [0.25, 0.3) is 0 Å². The smallest absolute Gasteiger partial charge is 0.228 e. The molecule has 1 heterocycles. The number of allylic oxidation sites excluding steroid dienone is 1. The second-order valence-corrected chi connectivity index (χ2v) is 2.20. The summed E-state index contributed by atoms with van der Waals surface area (Å²) in [5.74, 6) is 0.143. The van der Waals surface area contributed by atoms with Crippen molar-refractivity contribution in [3.8, 4) is 0 Å². The molecule has 56 valence electrons. The molecule has 1 aliphatic rings. The Morgan fingerprint density at radius 3 is 3.20 bits per heavy atom. The summed E-state index contributed by atoms with van der Waals surface area (Å²) < 4.78 is 4.81. The van der Waals surface area contributed by atoms with Crippen LogP contribution in [-0.4, -0.2) is 24.6 Å². The third kappa shape index (κ3) is 1.57. The first-order valence-electron chi connectivity index (χ1n) is 3.29. The van der Waals surface area contributed by atoms with E-state index in [9.17, 15) is 4.79 Å².